The van der Waals surface area contributed by atoms with Gasteiger partial charge in [-0.15, -0.1) is 0 Å². The van der Waals surface area contributed by atoms with E-state index in [0.29, 0.717) is 6.42 Å². The van der Waals surface area contributed by atoms with E-state index < -0.39 is 5.97 Å². The zero-order valence-electron chi connectivity index (χ0n) is 11.0. The van der Waals surface area contributed by atoms with Crippen molar-refractivity contribution in [2.45, 2.75) is 40.0 Å². The molecule has 1 aromatic carbocycles. The molecule has 1 rings (SSSR count). The Kier molecular flexibility index (Phi) is 4.55. The molecule has 0 heterocycles. The van der Waals surface area contributed by atoms with E-state index in [0.717, 1.165) is 17.7 Å². The predicted octanol–water partition coefficient (Wildman–Crippen LogP) is 3.03. The van der Waals surface area contributed by atoms with Crippen molar-refractivity contribution in [3.05, 3.63) is 28.3 Å². The van der Waals surface area contributed by atoms with E-state index >= 15 is 0 Å². The maximum Gasteiger partial charge on any atom is 0.303 e. The summed E-state index contributed by atoms with van der Waals surface area (Å²) in [5, 5.41) is 8.65. The summed E-state index contributed by atoms with van der Waals surface area (Å²) < 4.78 is 5.31. The molecule has 0 aliphatic rings. The number of carbonyl (C=O) groups is 1. The molecule has 0 aliphatic heterocycles. The Hall–Kier alpha value is -1.51. The summed E-state index contributed by atoms with van der Waals surface area (Å²) in [6.45, 7) is 6.15. The third kappa shape index (κ3) is 3.22. The number of ether oxygens (including phenoxy) is 1. The molecule has 0 spiro atoms. The average molecular weight is 236 g/mol. The highest BCUT2D eigenvalue weighted by molar-refractivity contribution is 5.66. The molecule has 3 heteroatoms. The number of hydrogen-bond donors (Lipinski definition) is 1. The van der Waals surface area contributed by atoms with Gasteiger partial charge in [-0.1, -0.05) is 0 Å². The predicted molar refractivity (Wildman–Crippen MR) is 67.8 cm³/mol. The van der Waals surface area contributed by atoms with Gasteiger partial charge in [-0.2, -0.15) is 0 Å². The molecule has 17 heavy (non-hydrogen) atoms. The quantitative estimate of drug-likeness (QED) is 0.854. The Bertz CT molecular complexity index is 422. The molecule has 0 saturated heterocycles. The first-order chi connectivity index (χ1) is 7.97. The molecular formula is C14H20O3. The molecule has 0 unspecified atom stereocenters. The summed E-state index contributed by atoms with van der Waals surface area (Å²) in [4.78, 5) is 10.5. The summed E-state index contributed by atoms with van der Waals surface area (Å²) in [5.74, 6) is 0.174. The minimum atomic E-state index is -0.731. The number of rotatable bonds is 5. The monoisotopic (exact) mass is 236 g/mol. The van der Waals surface area contributed by atoms with Gasteiger partial charge >= 0.3 is 5.97 Å². The Morgan fingerprint density at radius 2 is 1.94 bits per heavy atom. The molecule has 1 aromatic rings. The number of aryl methyl sites for hydroxylation is 1. The van der Waals surface area contributed by atoms with E-state index in [4.69, 9.17) is 9.84 Å². The van der Waals surface area contributed by atoms with Crippen LogP contribution in [-0.2, 0) is 11.2 Å². The lowest BCUT2D eigenvalue weighted by Crippen LogP contribution is -2.02. The largest absolute Gasteiger partial charge is 0.496 e. The van der Waals surface area contributed by atoms with Gasteiger partial charge in [0.2, 0.25) is 0 Å². The van der Waals surface area contributed by atoms with Crippen LogP contribution in [0, 0.1) is 20.8 Å². The van der Waals surface area contributed by atoms with Gasteiger partial charge in [-0.3, -0.25) is 4.79 Å². The molecule has 94 valence electrons. The standard InChI is InChI=1S/C14H20O3/c1-9-8-13(17-4)11(3)10(2)12(9)6-5-7-14(15)16/h8H,5-7H2,1-4H3,(H,15,16). The van der Waals surface area contributed by atoms with E-state index in [9.17, 15) is 4.79 Å². The van der Waals surface area contributed by atoms with Crippen molar-refractivity contribution in [1.29, 1.82) is 0 Å². The SMILES string of the molecule is COc1cc(C)c(CCCC(=O)O)c(C)c1C. The Morgan fingerprint density at radius 1 is 1.29 bits per heavy atom. The molecule has 0 fully saturated rings. The third-order valence-corrected chi connectivity index (χ3v) is 3.25. The number of carboxylic acids is 1. The van der Waals surface area contributed by atoms with Gasteiger partial charge in [-0.05, 0) is 61.9 Å². The van der Waals surface area contributed by atoms with Crippen molar-refractivity contribution in [1.82, 2.24) is 0 Å². The molecule has 3 nitrogen and oxygen atoms in total. The van der Waals surface area contributed by atoms with Crippen molar-refractivity contribution >= 4 is 5.97 Å². The first-order valence-electron chi connectivity index (χ1n) is 5.82. The second-order valence-corrected chi connectivity index (χ2v) is 4.37. The molecule has 0 aromatic heterocycles. The van der Waals surface area contributed by atoms with Crippen molar-refractivity contribution < 1.29 is 14.6 Å². The van der Waals surface area contributed by atoms with E-state index in [1.165, 1.54) is 16.7 Å². The third-order valence-electron chi connectivity index (χ3n) is 3.25. The van der Waals surface area contributed by atoms with Gasteiger partial charge in [0.05, 0.1) is 7.11 Å². The highest BCUT2D eigenvalue weighted by Gasteiger charge is 2.10. The lowest BCUT2D eigenvalue weighted by atomic mass is 9.93. The highest BCUT2D eigenvalue weighted by Crippen LogP contribution is 2.28. The summed E-state index contributed by atoms with van der Waals surface area (Å²) >= 11 is 0. The highest BCUT2D eigenvalue weighted by atomic mass is 16.5. The number of hydrogen-bond acceptors (Lipinski definition) is 2. The van der Waals surface area contributed by atoms with E-state index in [1.54, 1.807) is 7.11 Å². The van der Waals surface area contributed by atoms with Crippen molar-refractivity contribution in [3.8, 4) is 5.75 Å². The van der Waals surface area contributed by atoms with Crippen LogP contribution in [0.25, 0.3) is 0 Å². The molecule has 0 radical (unpaired) electrons. The van der Waals surface area contributed by atoms with Crippen LogP contribution < -0.4 is 4.74 Å². The average Bonchev–Trinajstić information content (AvgIpc) is 2.27. The van der Waals surface area contributed by atoms with E-state index in [-0.39, 0.29) is 6.42 Å². The summed E-state index contributed by atoms with van der Waals surface area (Å²) in [5.41, 5.74) is 4.79. The minimum absolute atomic E-state index is 0.226. The topological polar surface area (TPSA) is 46.5 Å². The van der Waals surface area contributed by atoms with Crippen LogP contribution >= 0.6 is 0 Å². The lowest BCUT2D eigenvalue weighted by Gasteiger charge is -2.15. The second-order valence-electron chi connectivity index (χ2n) is 4.37. The number of benzene rings is 1. The van der Waals surface area contributed by atoms with Crippen LogP contribution in [0.5, 0.6) is 5.75 Å². The fourth-order valence-corrected chi connectivity index (χ4v) is 2.11. The molecule has 1 N–H and O–H groups in total. The van der Waals surface area contributed by atoms with Crippen molar-refractivity contribution in [2.75, 3.05) is 7.11 Å². The van der Waals surface area contributed by atoms with Gasteiger partial charge in [0.25, 0.3) is 0 Å². The van der Waals surface area contributed by atoms with Crippen LogP contribution in [-0.4, -0.2) is 18.2 Å². The first kappa shape index (κ1) is 13.6. The van der Waals surface area contributed by atoms with E-state index in [2.05, 4.69) is 6.92 Å². The summed E-state index contributed by atoms with van der Waals surface area (Å²) in [7, 11) is 1.67. The molecule has 0 amide bonds. The normalized spacial score (nSPS) is 10.4. The van der Waals surface area contributed by atoms with Crippen molar-refractivity contribution in [2.24, 2.45) is 0 Å². The van der Waals surface area contributed by atoms with Crippen molar-refractivity contribution in [3.63, 3.8) is 0 Å². The lowest BCUT2D eigenvalue weighted by molar-refractivity contribution is -0.137. The van der Waals surface area contributed by atoms with Crippen LogP contribution in [0.2, 0.25) is 0 Å². The fourth-order valence-electron chi connectivity index (χ4n) is 2.11. The maximum absolute atomic E-state index is 10.5. The van der Waals surface area contributed by atoms with Crippen LogP contribution in [0.1, 0.15) is 35.1 Å². The van der Waals surface area contributed by atoms with Gasteiger partial charge in [0, 0.05) is 6.42 Å². The zero-order valence-corrected chi connectivity index (χ0v) is 11.0. The van der Waals surface area contributed by atoms with Gasteiger partial charge in [-0.25, -0.2) is 0 Å². The number of carboxylic acid groups (broad SMARTS) is 1. The smallest absolute Gasteiger partial charge is 0.303 e. The molecular weight excluding hydrogens is 216 g/mol. The van der Waals surface area contributed by atoms with Gasteiger partial charge in [0.15, 0.2) is 0 Å². The van der Waals surface area contributed by atoms with Crippen LogP contribution in [0.15, 0.2) is 6.07 Å². The summed E-state index contributed by atoms with van der Waals surface area (Å²) in [6.07, 6.45) is 1.72. The Labute approximate surface area is 102 Å². The molecule has 0 aliphatic carbocycles. The second kappa shape index (κ2) is 5.71. The summed E-state index contributed by atoms with van der Waals surface area (Å²) in [6, 6.07) is 2.03. The van der Waals surface area contributed by atoms with Crippen LogP contribution in [0.4, 0.5) is 0 Å². The fraction of sp³-hybridized carbons (Fsp3) is 0.500. The van der Waals surface area contributed by atoms with Gasteiger partial charge in [0.1, 0.15) is 5.75 Å². The Morgan fingerprint density at radius 3 is 2.47 bits per heavy atom. The maximum atomic E-state index is 10.5. The zero-order chi connectivity index (χ0) is 13.0. The van der Waals surface area contributed by atoms with Crippen LogP contribution in [0.3, 0.4) is 0 Å². The number of methoxy groups -OCH3 is 1. The first-order valence-corrected chi connectivity index (χ1v) is 5.82. The molecule has 0 atom stereocenters. The molecule has 0 saturated carbocycles. The number of aliphatic carboxylic acids is 1. The molecule has 0 bridgehead atoms. The minimum Gasteiger partial charge on any atom is -0.496 e. The van der Waals surface area contributed by atoms with E-state index in [1.807, 2.05) is 19.9 Å². The van der Waals surface area contributed by atoms with Gasteiger partial charge < -0.3 is 9.84 Å². The Balaban J connectivity index is 2.92.